The van der Waals surface area contributed by atoms with Crippen LogP contribution in [0.3, 0.4) is 0 Å². The normalized spacial score (nSPS) is 18.8. The summed E-state index contributed by atoms with van der Waals surface area (Å²) in [6.07, 6.45) is 3.26. The lowest BCUT2D eigenvalue weighted by Gasteiger charge is -2.32. The van der Waals surface area contributed by atoms with E-state index in [1.54, 1.807) is 24.3 Å². The van der Waals surface area contributed by atoms with Crippen molar-refractivity contribution in [3.63, 3.8) is 0 Å². The number of carbonyl (C=O) groups excluding carboxylic acids is 1. The number of carbonyl (C=O) groups is 1. The third-order valence-electron chi connectivity index (χ3n) is 3.47. The zero-order chi connectivity index (χ0) is 13.0. The first kappa shape index (κ1) is 16.3. The Balaban J connectivity index is 0.00000180. The van der Waals surface area contributed by atoms with Gasteiger partial charge in [-0.05, 0) is 56.0 Å². The van der Waals surface area contributed by atoms with Gasteiger partial charge in [0.1, 0.15) is 0 Å². The number of halogens is 2. The number of benzene rings is 1. The highest BCUT2D eigenvalue weighted by Crippen LogP contribution is 2.21. The summed E-state index contributed by atoms with van der Waals surface area (Å²) in [5.74, 6) is 0.661. The zero-order valence-electron chi connectivity index (χ0n) is 10.8. The number of hydrogen-bond donors (Lipinski definition) is 1. The Morgan fingerprint density at radius 2 is 2.05 bits per heavy atom. The number of likely N-dealkylation sites (tertiary alicyclic amines) is 1. The van der Waals surface area contributed by atoms with Gasteiger partial charge in [-0.2, -0.15) is 0 Å². The van der Waals surface area contributed by atoms with Crippen molar-refractivity contribution in [1.29, 1.82) is 0 Å². The lowest BCUT2D eigenvalue weighted by atomic mass is 9.94. The molecule has 1 aliphatic heterocycles. The van der Waals surface area contributed by atoms with Crippen LogP contribution in [0.5, 0.6) is 0 Å². The first-order valence-electron chi connectivity index (χ1n) is 6.45. The summed E-state index contributed by atoms with van der Waals surface area (Å²) in [5.41, 5.74) is 6.31. The monoisotopic (exact) mass is 302 g/mol. The molecule has 1 aromatic carbocycles. The SMILES string of the molecule is Cl.NCCC1CCCN(C(=O)c2ccc(Cl)cc2)C1. The van der Waals surface area contributed by atoms with E-state index in [1.807, 2.05) is 4.90 Å². The van der Waals surface area contributed by atoms with E-state index >= 15 is 0 Å². The fourth-order valence-electron chi connectivity index (χ4n) is 2.50. The van der Waals surface area contributed by atoms with Crippen molar-refractivity contribution in [2.45, 2.75) is 19.3 Å². The molecule has 2 rings (SSSR count). The van der Waals surface area contributed by atoms with E-state index in [0.29, 0.717) is 23.0 Å². The van der Waals surface area contributed by atoms with Crippen LogP contribution in [0, 0.1) is 5.92 Å². The van der Waals surface area contributed by atoms with E-state index in [2.05, 4.69) is 0 Å². The van der Waals surface area contributed by atoms with Gasteiger partial charge in [-0.15, -0.1) is 12.4 Å². The molecule has 1 heterocycles. The highest BCUT2D eigenvalue weighted by Gasteiger charge is 2.23. The van der Waals surface area contributed by atoms with Crippen LogP contribution < -0.4 is 5.73 Å². The van der Waals surface area contributed by atoms with Crippen molar-refractivity contribution in [3.05, 3.63) is 34.9 Å². The number of nitrogens with two attached hydrogens (primary N) is 1. The highest BCUT2D eigenvalue weighted by molar-refractivity contribution is 6.30. The van der Waals surface area contributed by atoms with Crippen molar-refractivity contribution in [2.75, 3.05) is 19.6 Å². The second kappa shape index (κ2) is 7.73. The van der Waals surface area contributed by atoms with E-state index < -0.39 is 0 Å². The van der Waals surface area contributed by atoms with Crippen LogP contribution >= 0.6 is 24.0 Å². The Kier molecular flexibility index (Phi) is 6.63. The van der Waals surface area contributed by atoms with Gasteiger partial charge in [0.25, 0.3) is 5.91 Å². The van der Waals surface area contributed by atoms with Gasteiger partial charge in [-0.1, -0.05) is 11.6 Å². The lowest BCUT2D eigenvalue weighted by Crippen LogP contribution is -2.40. The third-order valence-corrected chi connectivity index (χ3v) is 3.72. The molecular weight excluding hydrogens is 283 g/mol. The van der Waals surface area contributed by atoms with Crippen molar-refractivity contribution in [2.24, 2.45) is 11.7 Å². The molecule has 0 aromatic heterocycles. The molecule has 1 atom stereocenters. The molecule has 0 radical (unpaired) electrons. The summed E-state index contributed by atoms with van der Waals surface area (Å²) in [4.78, 5) is 14.2. The Labute approximate surface area is 125 Å². The van der Waals surface area contributed by atoms with Gasteiger partial charge in [0.2, 0.25) is 0 Å². The van der Waals surface area contributed by atoms with E-state index in [1.165, 1.54) is 6.42 Å². The molecule has 1 aromatic rings. The fraction of sp³-hybridized carbons (Fsp3) is 0.500. The second-order valence-corrected chi connectivity index (χ2v) is 5.28. The molecule has 0 bridgehead atoms. The Hall–Kier alpha value is -0.770. The summed E-state index contributed by atoms with van der Waals surface area (Å²) in [6.45, 7) is 2.38. The molecule has 1 aliphatic rings. The van der Waals surface area contributed by atoms with Crippen LogP contribution in [0.1, 0.15) is 29.6 Å². The second-order valence-electron chi connectivity index (χ2n) is 4.84. The molecule has 19 heavy (non-hydrogen) atoms. The molecule has 1 unspecified atom stereocenters. The van der Waals surface area contributed by atoms with Crippen molar-refractivity contribution >= 4 is 29.9 Å². The molecule has 0 aliphatic carbocycles. The molecule has 0 saturated carbocycles. The van der Waals surface area contributed by atoms with Crippen LogP contribution in [0.25, 0.3) is 0 Å². The summed E-state index contributed by atoms with van der Waals surface area (Å²) >= 11 is 5.83. The largest absolute Gasteiger partial charge is 0.338 e. The molecule has 5 heteroatoms. The van der Waals surface area contributed by atoms with Gasteiger partial charge >= 0.3 is 0 Å². The number of rotatable bonds is 3. The van der Waals surface area contributed by atoms with Gasteiger partial charge < -0.3 is 10.6 Å². The predicted molar refractivity (Wildman–Crippen MR) is 81.0 cm³/mol. The standard InChI is InChI=1S/C14H19ClN2O.ClH/c15-13-5-3-12(4-6-13)14(18)17-9-1-2-11(10-17)7-8-16;/h3-6,11H,1-2,7-10,16H2;1H. The van der Waals surface area contributed by atoms with Gasteiger partial charge in [0, 0.05) is 23.7 Å². The van der Waals surface area contributed by atoms with E-state index in [0.717, 1.165) is 25.9 Å². The first-order valence-corrected chi connectivity index (χ1v) is 6.83. The van der Waals surface area contributed by atoms with Crippen molar-refractivity contribution < 1.29 is 4.79 Å². The maximum absolute atomic E-state index is 12.3. The number of hydrogen-bond acceptors (Lipinski definition) is 2. The lowest BCUT2D eigenvalue weighted by molar-refractivity contribution is 0.0669. The molecule has 106 valence electrons. The minimum absolute atomic E-state index is 0. The molecule has 1 fully saturated rings. The average Bonchev–Trinajstić information content (AvgIpc) is 2.39. The predicted octanol–water partition coefficient (Wildman–Crippen LogP) is 2.96. The van der Waals surface area contributed by atoms with Gasteiger partial charge in [-0.3, -0.25) is 4.79 Å². The summed E-state index contributed by atoms with van der Waals surface area (Å²) in [6, 6.07) is 7.10. The Morgan fingerprint density at radius 1 is 1.37 bits per heavy atom. The van der Waals surface area contributed by atoms with Gasteiger partial charge in [-0.25, -0.2) is 0 Å². The van der Waals surface area contributed by atoms with Gasteiger partial charge in [0.15, 0.2) is 0 Å². The van der Waals surface area contributed by atoms with Crippen LogP contribution in [0.4, 0.5) is 0 Å². The molecule has 1 saturated heterocycles. The Bertz CT molecular complexity index is 406. The van der Waals surface area contributed by atoms with Crippen LogP contribution in [-0.4, -0.2) is 30.4 Å². The maximum Gasteiger partial charge on any atom is 0.253 e. The van der Waals surface area contributed by atoms with Crippen molar-refractivity contribution in [1.82, 2.24) is 4.90 Å². The fourth-order valence-corrected chi connectivity index (χ4v) is 2.62. The van der Waals surface area contributed by atoms with Crippen LogP contribution in [-0.2, 0) is 0 Å². The number of piperidine rings is 1. The minimum Gasteiger partial charge on any atom is -0.338 e. The maximum atomic E-state index is 12.3. The smallest absolute Gasteiger partial charge is 0.253 e. The number of amides is 1. The topological polar surface area (TPSA) is 46.3 Å². The summed E-state index contributed by atoms with van der Waals surface area (Å²) < 4.78 is 0. The van der Waals surface area contributed by atoms with E-state index in [-0.39, 0.29) is 18.3 Å². The van der Waals surface area contributed by atoms with Crippen molar-refractivity contribution in [3.8, 4) is 0 Å². The molecule has 2 N–H and O–H groups in total. The average molecular weight is 303 g/mol. The Morgan fingerprint density at radius 3 is 2.68 bits per heavy atom. The summed E-state index contributed by atoms with van der Waals surface area (Å²) in [7, 11) is 0. The quantitative estimate of drug-likeness (QED) is 0.933. The zero-order valence-corrected chi connectivity index (χ0v) is 12.4. The summed E-state index contributed by atoms with van der Waals surface area (Å²) in [5, 5.41) is 0.659. The molecule has 0 spiro atoms. The minimum atomic E-state index is 0. The molecule has 3 nitrogen and oxygen atoms in total. The molecule has 1 amide bonds. The van der Waals surface area contributed by atoms with E-state index in [9.17, 15) is 4.79 Å². The highest BCUT2D eigenvalue weighted by atomic mass is 35.5. The third kappa shape index (κ3) is 4.37. The van der Waals surface area contributed by atoms with Crippen LogP contribution in [0.2, 0.25) is 5.02 Å². The van der Waals surface area contributed by atoms with Gasteiger partial charge in [0.05, 0.1) is 0 Å². The first-order chi connectivity index (χ1) is 8.70. The molecular formula is C14H20Cl2N2O. The van der Waals surface area contributed by atoms with Crippen LogP contribution in [0.15, 0.2) is 24.3 Å². The van der Waals surface area contributed by atoms with E-state index in [4.69, 9.17) is 17.3 Å². The number of nitrogens with zero attached hydrogens (tertiary/aromatic N) is 1.